The molecular formula is C13H8N3O2. The Morgan fingerprint density at radius 2 is 1.72 bits per heavy atom. The topological polar surface area (TPSA) is 74.1 Å². The van der Waals surface area contributed by atoms with E-state index in [-0.39, 0.29) is 11.5 Å². The van der Waals surface area contributed by atoms with E-state index in [1.165, 1.54) is 24.3 Å². The lowest BCUT2D eigenvalue weighted by Gasteiger charge is -2.02. The van der Waals surface area contributed by atoms with Gasteiger partial charge < -0.3 is 5.21 Å². The number of hydrogen-bond acceptors (Lipinski definition) is 1. The number of fused-ring (bicyclic) bond motifs is 1. The second-order valence-corrected chi connectivity index (χ2v) is 3.95. The van der Waals surface area contributed by atoms with Crippen molar-refractivity contribution in [3.05, 3.63) is 53.7 Å². The molecule has 87 valence electrons. The molecule has 0 unspecified atom stereocenters. The highest BCUT2D eigenvalue weighted by atomic mass is 16.5. The molecule has 18 heavy (non-hydrogen) atoms. The van der Waals surface area contributed by atoms with E-state index in [1.807, 2.05) is 0 Å². The molecule has 2 aromatic carbocycles. The highest BCUT2D eigenvalue weighted by molar-refractivity contribution is 5.75. The first kappa shape index (κ1) is 10.5. The zero-order valence-corrected chi connectivity index (χ0v) is 9.28. The number of benzene rings is 2. The summed E-state index contributed by atoms with van der Waals surface area (Å²) in [6.07, 6.45) is 0. The molecule has 0 saturated heterocycles. The lowest BCUT2D eigenvalue weighted by molar-refractivity contribution is -0.567. The van der Waals surface area contributed by atoms with Crippen molar-refractivity contribution in [1.82, 2.24) is 10.5 Å². The number of hydrogen-bond donors (Lipinski definition) is 0. The number of rotatable bonds is 1. The van der Waals surface area contributed by atoms with Crippen LogP contribution in [0.5, 0.6) is 0 Å². The van der Waals surface area contributed by atoms with Gasteiger partial charge in [-0.05, 0) is 36.4 Å². The van der Waals surface area contributed by atoms with Crippen LogP contribution in [-0.2, 0) is 5.21 Å². The zero-order chi connectivity index (χ0) is 12.7. The van der Waals surface area contributed by atoms with Gasteiger partial charge in [-0.2, -0.15) is 5.73 Å². The molecule has 5 heteroatoms. The monoisotopic (exact) mass is 238 g/mol. The predicted molar refractivity (Wildman–Crippen MR) is 64.2 cm³/mol. The summed E-state index contributed by atoms with van der Waals surface area (Å²) in [6, 6.07) is 12.6. The quantitative estimate of drug-likeness (QED) is 0.470. The molecule has 0 aliphatic heterocycles. The van der Waals surface area contributed by atoms with Gasteiger partial charge in [0.1, 0.15) is 0 Å². The molecule has 3 radical (unpaired) electrons. The highest BCUT2D eigenvalue weighted by Gasteiger charge is 2.24. The van der Waals surface area contributed by atoms with Crippen LogP contribution in [0.15, 0.2) is 48.5 Å². The third-order valence-electron chi connectivity index (χ3n) is 2.83. The first-order valence-electron chi connectivity index (χ1n) is 5.38. The lowest BCUT2D eigenvalue weighted by atomic mass is 10.2. The predicted octanol–water partition coefficient (Wildman–Crippen LogP) is 1.84. The van der Waals surface area contributed by atoms with E-state index in [2.05, 4.69) is 0 Å². The third kappa shape index (κ3) is 1.37. The van der Waals surface area contributed by atoms with E-state index in [0.29, 0.717) is 26.1 Å². The average Bonchev–Trinajstić information content (AvgIpc) is 2.64. The second kappa shape index (κ2) is 3.66. The van der Waals surface area contributed by atoms with Crippen molar-refractivity contribution in [2.24, 2.45) is 0 Å². The van der Waals surface area contributed by atoms with Gasteiger partial charge in [0.05, 0.1) is 11.3 Å². The maximum Gasteiger partial charge on any atom is 0.337 e. The van der Waals surface area contributed by atoms with Gasteiger partial charge in [-0.1, -0.05) is 17.3 Å². The molecule has 5 nitrogen and oxygen atoms in total. The Hall–Kier alpha value is -2.69. The molecule has 0 fully saturated rings. The van der Waals surface area contributed by atoms with Crippen molar-refractivity contribution in [3.8, 4) is 11.4 Å². The summed E-state index contributed by atoms with van der Waals surface area (Å²) >= 11 is 0. The molecule has 0 spiro atoms. The van der Waals surface area contributed by atoms with Crippen LogP contribution in [0, 0.1) is 5.21 Å². The largest absolute Gasteiger partial charge is 0.710 e. The minimum atomic E-state index is 0.0104. The number of imidazole rings is 1. The van der Waals surface area contributed by atoms with Crippen LogP contribution in [0.1, 0.15) is 0 Å². The van der Waals surface area contributed by atoms with Gasteiger partial charge in [0.2, 0.25) is 5.52 Å². The summed E-state index contributed by atoms with van der Waals surface area (Å²) < 4.78 is 1.21. The van der Waals surface area contributed by atoms with E-state index in [4.69, 9.17) is 0 Å². The van der Waals surface area contributed by atoms with Crippen LogP contribution < -0.4 is 10.5 Å². The summed E-state index contributed by atoms with van der Waals surface area (Å²) in [5, 5.41) is 24.1. The fourth-order valence-corrected chi connectivity index (χ4v) is 1.96. The Morgan fingerprint density at radius 1 is 1.06 bits per heavy atom. The maximum absolute atomic E-state index is 12.1. The fraction of sp³-hybridized carbons (Fsp3) is 0. The first-order chi connectivity index (χ1) is 8.68. The molecule has 1 heterocycles. The molecule has 0 aliphatic carbocycles. The van der Waals surface area contributed by atoms with E-state index < -0.39 is 0 Å². The van der Waals surface area contributed by atoms with Crippen molar-refractivity contribution < 1.29 is 9.94 Å². The molecule has 0 N–H and O–H groups in total. The summed E-state index contributed by atoms with van der Waals surface area (Å²) in [5.41, 5.74) is 10.4. The van der Waals surface area contributed by atoms with Gasteiger partial charge in [-0.25, -0.2) is 4.73 Å². The summed E-state index contributed by atoms with van der Waals surface area (Å²) in [6.45, 7) is 0. The van der Waals surface area contributed by atoms with E-state index in [0.717, 1.165) is 0 Å². The minimum absolute atomic E-state index is 0.0104. The number of aromatic nitrogens is 2. The van der Waals surface area contributed by atoms with Crippen LogP contribution in [0.4, 0.5) is 5.69 Å². The van der Waals surface area contributed by atoms with Gasteiger partial charge in [-0.3, -0.25) is 0 Å². The SMILES string of the molecule is [N]c1ccc(-c2n([O])c3ccccc3[n+]2[O-])cc1. The number of para-hydroxylation sites is 2. The Labute approximate surface area is 103 Å². The van der Waals surface area contributed by atoms with E-state index >= 15 is 0 Å². The van der Waals surface area contributed by atoms with Crippen LogP contribution >= 0.6 is 0 Å². The fourth-order valence-electron chi connectivity index (χ4n) is 1.96. The van der Waals surface area contributed by atoms with Gasteiger partial charge in [0, 0.05) is 4.73 Å². The smallest absolute Gasteiger partial charge is 0.337 e. The Kier molecular flexibility index (Phi) is 2.13. The van der Waals surface area contributed by atoms with Crippen molar-refractivity contribution >= 4 is 16.7 Å². The Balaban J connectivity index is 2.32. The zero-order valence-electron chi connectivity index (χ0n) is 9.28. The molecule has 0 bridgehead atoms. The number of nitrogens with zero attached hydrogens (tertiary/aromatic N) is 3. The minimum Gasteiger partial charge on any atom is -0.710 e. The lowest BCUT2D eigenvalue weighted by Crippen LogP contribution is -2.27. The van der Waals surface area contributed by atoms with Gasteiger partial charge >= 0.3 is 5.82 Å². The highest BCUT2D eigenvalue weighted by Crippen LogP contribution is 2.22. The van der Waals surface area contributed by atoms with Crippen LogP contribution in [0.25, 0.3) is 22.4 Å². The molecule has 0 atom stereocenters. The second-order valence-electron chi connectivity index (χ2n) is 3.95. The van der Waals surface area contributed by atoms with Crippen molar-refractivity contribution in [1.29, 1.82) is 0 Å². The van der Waals surface area contributed by atoms with Gasteiger partial charge in [0.15, 0.2) is 5.52 Å². The van der Waals surface area contributed by atoms with Crippen molar-refractivity contribution in [2.75, 3.05) is 0 Å². The standard InChI is InChI=1S/C13H8N3O2/c14-10-7-5-9(6-8-10)13-15(17)11-3-1-2-4-12(11)16(13)18/h1-8H. The molecular weight excluding hydrogens is 230 g/mol. The summed E-state index contributed by atoms with van der Waals surface area (Å²) in [5.74, 6) is 0.0104. The normalized spacial score (nSPS) is 10.9. The molecule has 0 saturated carbocycles. The Morgan fingerprint density at radius 3 is 2.39 bits per heavy atom. The molecule has 0 aliphatic rings. The Bertz CT molecular complexity index is 678. The summed E-state index contributed by atoms with van der Waals surface area (Å²) in [7, 11) is 0. The van der Waals surface area contributed by atoms with Crippen molar-refractivity contribution in [2.45, 2.75) is 0 Å². The van der Waals surface area contributed by atoms with E-state index in [1.54, 1.807) is 24.3 Å². The summed E-state index contributed by atoms with van der Waals surface area (Å²) in [4.78, 5) is 0. The van der Waals surface area contributed by atoms with Crippen LogP contribution in [-0.4, -0.2) is 4.73 Å². The maximum atomic E-state index is 12.1. The molecule has 1 aromatic heterocycles. The molecule has 3 rings (SSSR count). The van der Waals surface area contributed by atoms with Crippen molar-refractivity contribution in [3.63, 3.8) is 0 Å². The van der Waals surface area contributed by atoms with Gasteiger partial charge in [0.25, 0.3) is 0 Å². The van der Waals surface area contributed by atoms with E-state index in [9.17, 15) is 16.1 Å². The molecule has 0 amide bonds. The molecule has 3 aromatic rings. The third-order valence-corrected chi connectivity index (χ3v) is 2.83. The van der Waals surface area contributed by atoms with Crippen LogP contribution in [0.2, 0.25) is 0 Å². The van der Waals surface area contributed by atoms with Gasteiger partial charge in [-0.15, -0.1) is 0 Å². The average molecular weight is 238 g/mol. The first-order valence-corrected chi connectivity index (χ1v) is 5.38. The van der Waals surface area contributed by atoms with Crippen LogP contribution in [0.3, 0.4) is 0 Å².